The van der Waals surface area contributed by atoms with E-state index in [0.717, 1.165) is 18.1 Å². The molecule has 1 aliphatic rings. The minimum Gasteiger partial charge on any atom is -0.481 e. The number of carbonyl (C=O) groups is 2. The number of hydrogen-bond acceptors (Lipinski definition) is 4. The van der Waals surface area contributed by atoms with Crippen LogP contribution in [0.4, 0.5) is 0 Å². The monoisotopic (exact) mass is 302 g/mol. The van der Waals surface area contributed by atoms with E-state index in [4.69, 9.17) is 5.11 Å². The number of rotatable bonds is 6. The molecule has 1 rings (SSSR count). The molecule has 5 nitrogen and oxygen atoms in total. The Balaban J connectivity index is 2.45. The summed E-state index contributed by atoms with van der Waals surface area (Å²) in [6.07, 6.45) is 1.07. The molecule has 2 atom stereocenters. The van der Waals surface area contributed by atoms with Gasteiger partial charge in [-0.3, -0.25) is 9.59 Å². The summed E-state index contributed by atoms with van der Waals surface area (Å²) in [5.41, 5.74) is -0.00760. The molecule has 1 amide bonds. The second-order valence-corrected chi connectivity index (χ2v) is 7.71. The van der Waals surface area contributed by atoms with Gasteiger partial charge in [-0.05, 0) is 11.8 Å². The molecule has 0 aromatic rings. The van der Waals surface area contributed by atoms with Crippen molar-refractivity contribution in [2.24, 2.45) is 5.41 Å². The molecule has 0 bridgehead atoms. The summed E-state index contributed by atoms with van der Waals surface area (Å²) in [6, 6.07) is -0.0925. The van der Waals surface area contributed by atoms with Crippen LogP contribution >= 0.6 is 11.8 Å². The van der Waals surface area contributed by atoms with E-state index >= 15 is 0 Å². The number of amides is 1. The van der Waals surface area contributed by atoms with Crippen molar-refractivity contribution in [1.29, 1.82) is 0 Å². The Hall–Kier alpha value is -0.750. The van der Waals surface area contributed by atoms with Crippen LogP contribution in [0, 0.1) is 5.41 Å². The average molecular weight is 302 g/mol. The van der Waals surface area contributed by atoms with Gasteiger partial charge in [-0.15, -0.1) is 0 Å². The van der Waals surface area contributed by atoms with Crippen LogP contribution in [0.1, 0.15) is 40.0 Å². The Morgan fingerprint density at radius 1 is 1.45 bits per heavy atom. The lowest BCUT2D eigenvalue weighted by Crippen LogP contribution is -2.44. The fourth-order valence-corrected chi connectivity index (χ4v) is 3.33. The molecule has 0 radical (unpaired) electrons. The maximum atomic E-state index is 12.0. The Morgan fingerprint density at radius 2 is 2.15 bits per heavy atom. The van der Waals surface area contributed by atoms with Gasteiger partial charge in [0.25, 0.3) is 0 Å². The van der Waals surface area contributed by atoms with Gasteiger partial charge in [-0.1, -0.05) is 20.8 Å². The quantitative estimate of drug-likeness (QED) is 0.692. The SMILES string of the molecule is CC(C)(C)CC(CC(=O)O)NC(=O)CC1CSCCN1. The van der Waals surface area contributed by atoms with Crippen LogP contribution in [0.15, 0.2) is 0 Å². The molecule has 116 valence electrons. The largest absolute Gasteiger partial charge is 0.481 e. The van der Waals surface area contributed by atoms with Gasteiger partial charge in [0, 0.05) is 36.6 Å². The predicted molar refractivity (Wildman–Crippen MR) is 82.0 cm³/mol. The highest BCUT2D eigenvalue weighted by Gasteiger charge is 2.24. The Labute approximate surface area is 125 Å². The van der Waals surface area contributed by atoms with Gasteiger partial charge in [0.1, 0.15) is 0 Å². The summed E-state index contributed by atoms with van der Waals surface area (Å²) in [7, 11) is 0. The second-order valence-electron chi connectivity index (χ2n) is 6.56. The molecule has 1 aliphatic heterocycles. The topological polar surface area (TPSA) is 78.4 Å². The minimum atomic E-state index is -0.870. The normalized spacial score (nSPS) is 21.2. The summed E-state index contributed by atoms with van der Waals surface area (Å²) in [4.78, 5) is 22.9. The zero-order valence-corrected chi connectivity index (χ0v) is 13.4. The first kappa shape index (κ1) is 17.3. The fourth-order valence-electron chi connectivity index (χ4n) is 2.39. The number of carbonyl (C=O) groups excluding carboxylic acids is 1. The average Bonchev–Trinajstić information content (AvgIpc) is 2.26. The zero-order chi connectivity index (χ0) is 15.2. The van der Waals surface area contributed by atoms with Crippen LogP contribution in [0.2, 0.25) is 0 Å². The van der Waals surface area contributed by atoms with Gasteiger partial charge in [0.2, 0.25) is 5.91 Å². The van der Waals surface area contributed by atoms with Crippen LogP contribution in [0.25, 0.3) is 0 Å². The number of thioether (sulfide) groups is 1. The molecule has 0 aromatic heterocycles. The maximum Gasteiger partial charge on any atom is 0.305 e. The van der Waals surface area contributed by atoms with Crippen molar-refractivity contribution in [3.63, 3.8) is 0 Å². The summed E-state index contributed by atoms with van der Waals surface area (Å²) < 4.78 is 0. The molecule has 0 aliphatic carbocycles. The Morgan fingerprint density at radius 3 is 2.65 bits per heavy atom. The molecule has 0 spiro atoms. The Bertz CT molecular complexity index is 336. The van der Waals surface area contributed by atoms with Gasteiger partial charge < -0.3 is 15.7 Å². The molecule has 2 unspecified atom stereocenters. The van der Waals surface area contributed by atoms with Gasteiger partial charge in [0.15, 0.2) is 0 Å². The highest BCUT2D eigenvalue weighted by atomic mass is 32.2. The van der Waals surface area contributed by atoms with E-state index in [1.807, 2.05) is 32.5 Å². The van der Waals surface area contributed by atoms with Crippen LogP contribution in [-0.2, 0) is 9.59 Å². The molecule has 3 N–H and O–H groups in total. The number of nitrogens with one attached hydrogen (secondary N) is 2. The molecule has 1 fully saturated rings. The molecule has 1 heterocycles. The first-order valence-electron chi connectivity index (χ1n) is 7.08. The molecule has 1 saturated heterocycles. The zero-order valence-electron chi connectivity index (χ0n) is 12.6. The second kappa shape index (κ2) is 7.88. The van der Waals surface area contributed by atoms with Crippen molar-refractivity contribution in [3.8, 4) is 0 Å². The molecule has 6 heteroatoms. The smallest absolute Gasteiger partial charge is 0.305 e. The first-order chi connectivity index (χ1) is 9.26. The van der Waals surface area contributed by atoms with Crippen molar-refractivity contribution in [3.05, 3.63) is 0 Å². The van der Waals surface area contributed by atoms with Crippen molar-refractivity contribution < 1.29 is 14.7 Å². The highest BCUT2D eigenvalue weighted by molar-refractivity contribution is 7.99. The van der Waals surface area contributed by atoms with Gasteiger partial charge in [-0.25, -0.2) is 0 Å². The minimum absolute atomic E-state index is 0.00760. The third-order valence-electron chi connectivity index (χ3n) is 3.08. The summed E-state index contributed by atoms with van der Waals surface area (Å²) in [6.45, 7) is 7.08. The van der Waals surface area contributed by atoms with E-state index in [9.17, 15) is 9.59 Å². The van der Waals surface area contributed by atoms with E-state index in [1.54, 1.807) is 0 Å². The van der Waals surface area contributed by atoms with E-state index in [0.29, 0.717) is 12.8 Å². The van der Waals surface area contributed by atoms with Crippen molar-refractivity contribution in [2.45, 2.75) is 52.1 Å². The summed E-state index contributed by atoms with van der Waals surface area (Å²) >= 11 is 1.85. The lowest BCUT2D eigenvalue weighted by molar-refractivity contribution is -0.137. The lowest BCUT2D eigenvalue weighted by atomic mass is 9.87. The van der Waals surface area contributed by atoms with Crippen molar-refractivity contribution in [1.82, 2.24) is 10.6 Å². The summed E-state index contributed by atoms with van der Waals surface area (Å²) in [5.74, 6) is 1.10. The first-order valence-corrected chi connectivity index (χ1v) is 8.24. The number of carboxylic acids is 1. The van der Waals surface area contributed by atoms with E-state index in [2.05, 4.69) is 10.6 Å². The van der Waals surface area contributed by atoms with Gasteiger partial charge >= 0.3 is 5.97 Å². The van der Waals surface area contributed by atoms with E-state index in [-0.39, 0.29) is 29.8 Å². The molecular formula is C14H26N2O3S. The van der Waals surface area contributed by atoms with Crippen molar-refractivity contribution in [2.75, 3.05) is 18.1 Å². The number of carboxylic acid groups (broad SMARTS) is 1. The molecular weight excluding hydrogens is 276 g/mol. The van der Waals surface area contributed by atoms with E-state index in [1.165, 1.54) is 0 Å². The number of hydrogen-bond donors (Lipinski definition) is 3. The van der Waals surface area contributed by atoms with Gasteiger partial charge in [0.05, 0.1) is 6.42 Å². The third kappa shape index (κ3) is 7.75. The van der Waals surface area contributed by atoms with Crippen LogP contribution in [-0.4, -0.2) is 47.1 Å². The third-order valence-corrected chi connectivity index (χ3v) is 4.21. The standard InChI is InChI=1S/C14H26N2O3S/c1-14(2,3)8-10(7-13(18)19)16-12(17)6-11-9-20-5-4-15-11/h10-11,15H,4-9H2,1-3H3,(H,16,17)(H,18,19). The van der Waals surface area contributed by atoms with E-state index < -0.39 is 5.97 Å². The van der Waals surface area contributed by atoms with Crippen molar-refractivity contribution >= 4 is 23.6 Å². The van der Waals surface area contributed by atoms with Crippen LogP contribution in [0.3, 0.4) is 0 Å². The highest BCUT2D eigenvalue weighted by Crippen LogP contribution is 2.22. The lowest BCUT2D eigenvalue weighted by Gasteiger charge is -2.27. The Kier molecular flexibility index (Phi) is 6.82. The maximum absolute atomic E-state index is 12.0. The summed E-state index contributed by atoms with van der Waals surface area (Å²) in [5, 5.41) is 15.1. The fraction of sp³-hybridized carbons (Fsp3) is 0.857. The number of aliphatic carboxylic acids is 1. The molecule has 20 heavy (non-hydrogen) atoms. The van der Waals surface area contributed by atoms with Gasteiger partial charge in [-0.2, -0.15) is 11.8 Å². The predicted octanol–water partition coefficient (Wildman–Crippen LogP) is 1.48. The van der Waals surface area contributed by atoms with Crippen LogP contribution in [0.5, 0.6) is 0 Å². The molecule has 0 aromatic carbocycles. The molecule has 0 saturated carbocycles. The van der Waals surface area contributed by atoms with Crippen LogP contribution < -0.4 is 10.6 Å².